The van der Waals surface area contributed by atoms with Crippen LogP contribution in [-0.2, 0) is 32.0 Å². The lowest BCUT2D eigenvalue weighted by Crippen LogP contribution is -2.52. The van der Waals surface area contributed by atoms with Gasteiger partial charge in [0, 0.05) is 57.3 Å². The molecule has 0 bridgehead atoms. The zero-order chi connectivity index (χ0) is 31.1. The highest BCUT2D eigenvalue weighted by Crippen LogP contribution is 2.43. The van der Waals surface area contributed by atoms with Crippen molar-refractivity contribution in [2.45, 2.75) is 69.2 Å². The Balaban J connectivity index is 1.24. The highest BCUT2D eigenvalue weighted by Gasteiger charge is 2.46. The first-order valence-electron chi connectivity index (χ1n) is 14.8. The lowest BCUT2D eigenvalue weighted by atomic mass is 9.83. The molecule has 0 saturated carbocycles. The first kappa shape index (κ1) is 29.9. The fraction of sp³-hybridized carbons (Fsp3) is 0.484. The Morgan fingerprint density at radius 3 is 2.75 bits per heavy atom. The molecule has 2 aromatic heterocycles. The second kappa shape index (κ2) is 11.8. The zero-order valence-corrected chi connectivity index (χ0v) is 24.9. The van der Waals surface area contributed by atoms with Crippen LogP contribution in [0, 0.1) is 11.6 Å². The van der Waals surface area contributed by atoms with E-state index in [1.165, 1.54) is 13.2 Å². The maximum absolute atomic E-state index is 15.0. The normalized spacial score (nSPS) is 21.1. The van der Waals surface area contributed by atoms with Gasteiger partial charge in [-0.3, -0.25) is 5.32 Å². The summed E-state index contributed by atoms with van der Waals surface area (Å²) < 4.78 is 48.0. The van der Waals surface area contributed by atoms with E-state index in [-0.39, 0.29) is 24.3 Å². The quantitative estimate of drug-likeness (QED) is 0.364. The predicted molar refractivity (Wildman–Crippen MR) is 155 cm³/mol. The standard InChI is InChI=1S/C31H36F2N6O5/c1-30(2,43-18-42-3)24-16-35-27-23(10-9-19(17-39(24)27)20-6-4-8-22(32)25(20)33)36-28(40)38-14-11-31(12-15-38)21-7-5-13-34-26(21)37-29(41)44-31/h4-8,13,16,19,23H,9-12,14-15,17-18H2,1-3H3,(H,36,40)(H,34,37,41)/t19-,23-/m1/s1. The van der Waals surface area contributed by atoms with Crippen LogP contribution >= 0.6 is 0 Å². The number of aromatic nitrogens is 3. The van der Waals surface area contributed by atoms with Gasteiger partial charge in [-0.2, -0.15) is 0 Å². The van der Waals surface area contributed by atoms with E-state index in [2.05, 4.69) is 15.6 Å². The number of imidazole rings is 1. The number of nitrogens with one attached hydrogen (secondary N) is 2. The Hall–Kier alpha value is -4.10. The van der Waals surface area contributed by atoms with Crippen molar-refractivity contribution < 1.29 is 32.6 Å². The van der Waals surface area contributed by atoms with Crippen molar-refractivity contribution in [1.82, 2.24) is 24.8 Å². The van der Waals surface area contributed by atoms with Crippen molar-refractivity contribution in [2.24, 2.45) is 0 Å². The van der Waals surface area contributed by atoms with Gasteiger partial charge < -0.3 is 29.0 Å². The molecule has 13 heteroatoms. The molecular weight excluding hydrogens is 574 g/mol. The lowest BCUT2D eigenvalue weighted by molar-refractivity contribution is -0.121. The fourth-order valence-corrected chi connectivity index (χ4v) is 6.57. The molecule has 44 heavy (non-hydrogen) atoms. The number of anilines is 1. The van der Waals surface area contributed by atoms with Crippen LogP contribution in [0.15, 0.2) is 42.7 Å². The van der Waals surface area contributed by atoms with Crippen LogP contribution in [0.5, 0.6) is 0 Å². The molecule has 1 saturated heterocycles. The van der Waals surface area contributed by atoms with Crippen molar-refractivity contribution >= 4 is 17.9 Å². The van der Waals surface area contributed by atoms with Gasteiger partial charge in [-0.05, 0) is 50.5 Å². The summed E-state index contributed by atoms with van der Waals surface area (Å²) in [6.07, 6.45) is 4.55. The summed E-state index contributed by atoms with van der Waals surface area (Å²) in [5, 5.41) is 5.79. The summed E-state index contributed by atoms with van der Waals surface area (Å²) >= 11 is 0. The van der Waals surface area contributed by atoms with Crippen LogP contribution in [0.4, 0.5) is 24.2 Å². The largest absolute Gasteiger partial charge is 0.437 e. The number of fused-ring (bicyclic) bond motifs is 3. The van der Waals surface area contributed by atoms with Gasteiger partial charge in [0.05, 0.1) is 17.9 Å². The van der Waals surface area contributed by atoms with Gasteiger partial charge in [0.15, 0.2) is 11.6 Å². The van der Waals surface area contributed by atoms with Crippen LogP contribution in [-0.4, -0.2) is 58.6 Å². The summed E-state index contributed by atoms with van der Waals surface area (Å²) in [6.45, 7) is 4.87. The topological polar surface area (TPSA) is 120 Å². The molecule has 3 amide bonds. The number of urea groups is 1. The molecule has 3 aromatic rings. The Labute approximate surface area is 253 Å². The molecule has 2 atom stereocenters. The Bertz CT molecular complexity index is 1550. The molecule has 5 heterocycles. The summed E-state index contributed by atoms with van der Waals surface area (Å²) in [7, 11) is 1.54. The number of carbonyl (C=O) groups excluding carboxylic acids is 2. The lowest BCUT2D eigenvalue weighted by Gasteiger charge is -2.43. The number of amides is 3. The molecule has 234 valence electrons. The molecule has 11 nitrogen and oxygen atoms in total. The summed E-state index contributed by atoms with van der Waals surface area (Å²) in [6, 6.07) is 7.14. The van der Waals surface area contributed by atoms with E-state index in [0.717, 1.165) is 17.3 Å². The third kappa shape index (κ3) is 5.50. The Kier molecular flexibility index (Phi) is 8.01. The van der Waals surface area contributed by atoms with Gasteiger partial charge in [0.25, 0.3) is 0 Å². The number of pyridine rings is 1. The number of hydrogen-bond acceptors (Lipinski definition) is 7. The number of ether oxygens (including phenoxy) is 3. The van der Waals surface area contributed by atoms with E-state index in [4.69, 9.17) is 19.2 Å². The van der Waals surface area contributed by atoms with Crippen LogP contribution in [0.1, 0.15) is 74.1 Å². The van der Waals surface area contributed by atoms with Crippen molar-refractivity contribution in [3.63, 3.8) is 0 Å². The maximum atomic E-state index is 15.0. The molecule has 3 aliphatic rings. The van der Waals surface area contributed by atoms with E-state index in [1.54, 1.807) is 29.4 Å². The second-order valence-electron chi connectivity index (χ2n) is 12.0. The zero-order valence-electron chi connectivity index (χ0n) is 24.9. The van der Waals surface area contributed by atoms with Gasteiger partial charge in [-0.25, -0.2) is 28.3 Å². The molecule has 2 N–H and O–H groups in total. The van der Waals surface area contributed by atoms with Gasteiger partial charge in [-0.15, -0.1) is 0 Å². The third-order valence-corrected chi connectivity index (χ3v) is 8.94. The number of rotatable bonds is 6. The molecular formula is C31H36F2N6O5. The smallest absolute Gasteiger partial charge is 0.413 e. The molecule has 0 aliphatic carbocycles. The molecule has 0 radical (unpaired) electrons. The first-order valence-corrected chi connectivity index (χ1v) is 14.8. The summed E-state index contributed by atoms with van der Waals surface area (Å²) in [5.41, 5.74) is 0.140. The van der Waals surface area contributed by atoms with Gasteiger partial charge in [0.1, 0.15) is 29.6 Å². The van der Waals surface area contributed by atoms with Crippen LogP contribution in [0.25, 0.3) is 0 Å². The van der Waals surface area contributed by atoms with Gasteiger partial charge >= 0.3 is 12.1 Å². The van der Waals surface area contributed by atoms with Crippen molar-refractivity contribution in [3.05, 3.63) is 77.0 Å². The number of halogens is 2. The van der Waals surface area contributed by atoms with Crippen molar-refractivity contribution in [3.8, 4) is 0 Å². The Morgan fingerprint density at radius 1 is 1.18 bits per heavy atom. The maximum Gasteiger partial charge on any atom is 0.413 e. The number of piperidine rings is 1. The van der Waals surface area contributed by atoms with E-state index >= 15 is 0 Å². The number of benzene rings is 1. The van der Waals surface area contributed by atoms with E-state index in [9.17, 15) is 18.4 Å². The van der Waals surface area contributed by atoms with Crippen LogP contribution < -0.4 is 10.6 Å². The van der Waals surface area contributed by atoms with Gasteiger partial charge in [0.2, 0.25) is 0 Å². The highest BCUT2D eigenvalue weighted by molar-refractivity contribution is 5.87. The number of likely N-dealkylation sites (tertiary alicyclic amines) is 1. The minimum absolute atomic E-state index is 0.0536. The SMILES string of the molecule is COCOC(C)(C)c1cnc2n1C[C@H](c1cccc(F)c1F)CC[C@H]2NC(=O)N1CCC2(CC1)OC(=O)Nc1ncccc12. The van der Waals surface area contributed by atoms with Crippen LogP contribution in [0.3, 0.4) is 0 Å². The predicted octanol–water partition coefficient (Wildman–Crippen LogP) is 5.29. The first-order chi connectivity index (χ1) is 21.1. The van der Waals surface area contributed by atoms with Crippen molar-refractivity contribution in [2.75, 3.05) is 32.3 Å². The minimum Gasteiger partial charge on any atom is -0.437 e. The summed E-state index contributed by atoms with van der Waals surface area (Å²) in [5.74, 6) is -1.04. The average molecular weight is 611 g/mol. The molecule has 1 aromatic carbocycles. The highest BCUT2D eigenvalue weighted by atomic mass is 19.2. The van der Waals surface area contributed by atoms with E-state index in [1.807, 2.05) is 24.5 Å². The molecule has 1 fully saturated rings. The Morgan fingerprint density at radius 2 is 1.98 bits per heavy atom. The molecule has 1 spiro atoms. The van der Waals surface area contributed by atoms with E-state index < -0.39 is 35.0 Å². The third-order valence-electron chi connectivity index (χ3n) is 8.94. The number of methoxy groups -OCH3 is 1. The second-order valence-corrected chi connectivity index (χ2v) is 12.0. The molecule has 6 rings (SSSR count). The minimum atomic E-state index is -0.896. The summed E-state index contributed by atoms with van der Waals surface area (Å²) in [4.78, 5) is 36.6. The molecule has 3 aliphatic heterocycles. The number of hydrogen-bond donors (Lipinski definition) is 2. The van der Waals surface area contributed by atoms with E-state index in [0.29, 0.717) is 57.0 Å². The number of nitrogens with zero attached hydrogens (tertiary/aromatic N) is 4. The van der Waals surface area contributed by atoms with Gasteiger partial charge in [-0.1, -0.05) is 12.1 Å². The molecule has 0 unspecified atom stereocenters. The average Bonchev–Trinajstić information content (AvgIpc) is 3.36. The fourth-order valence-electron chi connectivity index (χ4n) is 6.57. The van der Waals surface area contributed by atoms with Crippen molar-refractivity contribution in [1.29, 1.82) is 0 Å². The number of carbonyl (C=O) groups is 2. The monoisotopic (exact) mass is 610 g/mol. The van der Waals surface area contributed by atoms with Crippen LogP contribution in [0.2, 0.25) is 0 Å².